The molecular formula is C17H24ClN5O2S. The highest BCUT2D eigenvalue weighted by atomic mass is 35.5. The third kappa shape index (κ3) is 4.09. The minimum absolute atomic E-state index is 0. The van der Waals surface area contributed by atoms with Gasteiger partial charge in [0, 0.05) is 50.4 Å². The summed E-state index contributed by atoms with van der Waals surface area (Å²) in [6, 6.07) is 2.26. The molecule has 1 fully saturated rings. The third-order valence-electron chi connectivity index (χ3n) is 5.01. The first-order valence-electron chi connectivity index (χ1n) is 8.77. The summed E-state index contributed by atoms with van der Waals surface area (Å²) >= 11 is 1.79. The van der Waals surface area contributed by atoms with E-state index in [0.29, 0.717) is 24.6 Å². The largest absolute Gasteiger partial charge is 0.339 e. The topological polar surface area (TPSA) is 74.5 Å². The van der Waals surface area contributed by atoms with Gasteiger partial charge in [0.2, 0.25) is 11.8 Å². The number of nitrogens with one attached hydrogen (secondary N) is 1. The minimum atomic E-state index is 0. The average Bonchev–Trinajstić information content (AvgIpc) is 3.28. The molecule has 9 heteroatoms. The van der Waals surface area contributed by atoms with Gasteiger partial charge in [-0.2, -0.15) is 4.98 Å². The summed E-state index contributed by atoms with van der Waals surface area (Å²) in [6.07, 6.45) is 1.88. The van der Waals surface area contributed by atoms with Crippen LogP contribution in [-0.2, 0) is 24.2 Å². The Morgan fingerprint density at radius 3 is 3.19 bits per heavy atom. The van der Waals surface area contributed by atoms with Gasteiger partial charge in [-0.05, 0) is 30.5 Å². The van der Waals surface area contributed by atoms with Gasteiger partial charge in [-0.1, -0.05) is 5.16 Å². The highest BCUT2D eigenvalue weighted by Crippen LogP contribution is 2.24. The molecule has 4 rings (SSSR count). The van der Waals surface area contributed by atoms with Gasteiger partial charge in [0.15, 0.2) is 5.82 Å². The van der Waals surface area contributed by atoms with Crippen molar-refractivity contribution in [1.82, 2.24) is 25.3 Å². The number of halogens is 1. The second-order valence-corrected chi connectivity index (χ2v) is 7.68. The van der Waals surface area contributed by atoms with Crippen LogP contribution in [0.15, 0.2) is 16.0 Å². The summed E-state index contributed by atoms with van der Waals surface area (Å²) in [7, 11) is 2.07. The number of thiophene rings is 1. The Bertz CT molecular complexity index is 749. The molecule has 0 spiro atoms. The maximum Gasteiger partial charge on any atom is 0.227 e. The molecule has 2 aromatic rings. The predicted octanol–water partition coefficient (Wildman–Crippen LogP) is 1.65. The maximum atomic E-state index is 12.5. The lowest BCUT2D eigenvalue weighted by molar-refractivity contribution is -0.132. The van der Waals surface area contributed by atoms with Gasteiger partial charge in [-0.3, -0.25) is 9.69 Å². The fourth-order valence-corrected chi connectivity index (χ4v) is 4.32. The van der Waals surface area contributed by atoms with Crippen LogP contribution in [0.3, 0.4) is 0 Å². The molecule has 0 aromatic carbocycles. The Morgan fingerprint density at radius 1 is 1.46 bits per heavy atom. The molecule has 142 valence electrons. The quantitative estimate of drug-likeness (QED) is 0.845. The Morgan fingerprint density at radius 2 is 2.35 bits per heavy atom. The molecule has 2 aliphatic heterocycles. The molecule has 2 aromatic heterocycles. The molecule has 1 N–H and O–H groups in total. The van der Waals surface area contributed by atoms with Gasteiger partial charge in [-0.15, -0.1) is 23.7 Å². The molecule has 1 unspecified atom stereocenters. The van der Waals surface area contributed by atoms with Crippen molar-refractivity contribution in [1.29, 1.82) is 0 Å². The number of hydrogen-bond acceptors (Lipinski definition) is 7. The molecule has 1 atom stereocenters. The second-order valence-electron chi connectivity index (χ2n) is 6.68. The van der Waals surface area contributed by atoms with E-state index in [1.54, 1.807) is 11.3 Å². The standard InChI is InChI=1S/C17H23N5O2S.ClH/c1-21-8-6-18-10-13(21)17-19-15(24-20-17)2-3-16(23)22-7-4-14-12(11-22)5-9-25-14;/h5,9,13,18H,2-4,6-8,10-11H2,1H3;1H. The highest BCUT2D eigenvalue weighted by molar-refractivity contribution is 7.10. The van der Waals surface area contributed by atoms with E-state index in [-0.39, 0.29) is 24.4 Å². The van der Waals surface area contributed by atoms with Gasteiger partial charge in [0.1, 0.15) is 0 Å². The molecule has 0 saturated carbocycles. The second kappa shape index (κ2) is 8.47. The summed E-state index contributed by atoms with van der Waals surface area (Å²) in [6.45, 7) is 4.30. The van der Waals surface area contributed by atoms with Crippen LogP contribution >= 0.6 is 23.7 Å². The summed E-state index contributed by atoms with van der Waals surface area (Å²) in [5.41, 5.74) is 1.29. The number of nitrogens with zero attached hydrogens (tertiary/aromatic N) is 4. The van der Waals surface area contributed by atoms with E-state index in [0.717, 1.165) is 39.1 Å². The van der Waals surface area contributed by atoms with Crippen molar-refractivity contribution in [2.75, 3.05) is 33.2 Å². The van der Waals surface area contributed by atoms with Gasteiger partial charge in [0.25, 0.3) is 0 Å². The minimum Gasteiger partial charge on any atom is -0.339 e. The monoisotopic (exact) mass is 397 g/mol. The lowest BCUT2D eigenvalue weighted by Crippen LogP contribution is -2.44. The molecule has 4 heterocycles. The van der Waals surface area contributed by atoms with Crippen LogP contribution in [-0.4, -0.2) is 59.1 Å². The van der Waals surface area contributed by atoms with Gasteiger partial charge in [0.05, 0.1) is 6.04 Å². The lowest BCUT2D eigenvalue weighted by Gasteiger charge is -2.30. The number of piperazine rings is 1. The molecular weight excluding hydrogens is 374 g/mol. The molecule has 1 amide bonds. The average molecular weight is 398 g/mol. The maximum absolute atomic E-state index is 12.5. The molecule has 0 bridgehead atoms. The van der Waals surface area contributed by atoms with Crippen molar-refractivity contribution < 1.29 is 9.32 Å². The molecule has 2 aliphatic rings. The lowest BCUT2D eigenvalue weighted by atomic mass is 10.1. The van der Waals surface area contributed by atoms with E-state index in [4.69, 9.17) is 4.52 Å². The van der Waals surface area contributed by atoms with E-state index in [1.807, 2.05) is 4.90 Å². The van der Waals surface area contributed by atoms with Gasteiger partial charge in [-0.25, -0.2) is 0 Å². The normalized spacial score (nSPS) is 20.5. The van der Waals surface area contributed by atoms with Crippen molar-refractivity contribution >= 4 is 29.7 Å². The molecule has 7 nitrogen and oxygen atoms in total. The number of carbonyl (C=O) groups is 1. The third-order valence-corrected chi connectivity index (χ3v) is 6.03. The van der Waals surface area contributed by atoms with Crippen LogP contribution in [0.4, 0.5) is 0 Å². The van der Waals surface area contributed by atoms with Crippen LogP contribution in [0.2, 0.25) is 0 Å². The molecule has 26 heavy (non-hydrogen) atoms. The first kappa shape index (κ1) is 19.3. The van der Waals surface area contributed by atoms with E-state index in [9.17, 15) is 4.79 Å². The number of fused-ring (bicyclic) bond motifs is 1. The molecule has 0 aliphatic carbocycles. The van der Waals surface area contributed by atoms with Crippen LogP contribution in [0.5, 0.6) is 0 Å². The fraction of sp³-hybridized carbons (Fsp3) is 0.588. The number of aromatic nitrogens is 2. The van der Waals surface area contributed by atoms with Crippen molar-refractivity contribution in [3.63, 3.8) is 0 Å². The number of rotatable bonds is 4. The first-order valence-corrected chi connectivity index (χ1v) is 9.65. The van der Waals surface area contributed by atoms with E-state index in [1.165, 1.54) is 10.4 Å². The van der Waals surface area contributed by atoms with Crippen molar-refractivity contribution in [3.05, 3.63) is 33.6 Å². The molecule has 0 radical (unpaired) electrons. The van der Waals surface area contributed by atoms with Crippen molar-refractivity contribution in [2.45, 2.75) is 31.8 Å². The first-order chi connectivity index (χ1) is 12.2. The van der Waals surface area contributed by atoms with Crippen LogP contribution in [0.25, 0.3) is 0 Å². The van der Waals surface area contributed by atoms with Crippen LogP contribution in [0.1, 0.15) is 34.6 Å². The number of amides is 1. The Kier molecular flexibility index (Phi) is 6.29. The van der Waals surface area contributed by atoms with E-state index >= 15 is 0 Å². The zero-order valence-corrected chi connectivity index (χ0v) is 16.4. The smallest absolute Gasteiger partial charge is 0.227 e. The number of carbonyl (C=O) groups excluding carboxylic acids is 1. The summed E-state index contributed by atoms with van der Waals surface area (Å²) in [4.78, 5) is 22.6. The summed E-state index contributed by atoms with van der Waals surface area (Å²) in [5, 5.41) is 9.57. The Hall–Kier alpha value is -1.48. The SMILES string of the molecule is CN1CCNCC1c1noc(CCC(=O)N2CCc3sccc3C2)n1.Cl. The number of likely N-dealkylation sites (N-methyl/N-ethyl adjacent to an activating group) is 1. The van der Waals surface area contributed by atoms with E-state index < -0.39 is 0 Å². The highest BCUT2D eigenvalue weighted by Gasteiger charge is 2.26. The number of hydrogen-bond donors (Lipinski definition) is 1. The van der Waals surface area contributed by atoms with Gasteiger partial charge >= 0.3 is 0 Å². The van der Waals surface area contributed by atoms with Crippen LogP contribution in [0, 0.1) is 0 Å². The fourth-order valence-electron chi connectivity index (χ4n) is 3.43. The van der Waals surface area contributed by atoms with Crippen LogP contribution < -0.4 is 5.32 Å². The zero-order chi connectivity index (χ0) is 17.2. The molecule has 1 saturated heterocycles. The number of aryl methyl sites for hydroxylation is 1. The van der Waals surface area contributed by atoms with E-state index in [2.05, 4.69) is 38.9 Å². The predicted molar refractivity (Wildman–Crippen MR) is 102 cm³/mol. The Balaban J connectivity index is 0.00000196. The van der Waals surface area contributed by atoms with Crippen molar-refractivity contribution in [2.24, 2.45) is 0 Å². The van der Waals surface area contributed by atoms with Crippen molar-refractivity contribution in [3.8, 4) is 0 Å². The zero-order valence-electron chi connectivity index (χ0n) is 14.8. The Labute approximate surface area is 163 Å². The summed E-state index contributed by atoms with van der Waals surface area (Å²) in [5.74, 6) is 1.42. The van der Waals surface area contributed by atoms with Gasteiger partial charge < -0.3 is 14.7 Å². The summed E-state index contributed by atoms with van der Waals surface area (Å²) < 4.78 is 5.36.